The second kappa shape index (κ2) is 4.28. The number of hydrogen-bond donors (Lipinski definition) is 2. The number of benzene rings is 1. The van der Waals surface area contributed by atoms with Gasteiger partial charge in [0.05, 0.1) is 16.9 Å². The van der Waals surface area contributed by atoms with Crippen LogP contribution in [-0.2, 0) is 0 Å². The fourth-order valence-electron chi connectivity index (χ4n) is 2.33. The van der Waals surface area contributed by atoms with E-state index in [1.54, 1.807) is 12.1 Å². The van der Waals surface area contributed by atoms with Crippen LogP contribution < -0.4 is 10.2 Å². The zero-order valence-corrected chi connectivity index (χ0v) is 10.4. The molecule has 1 atom stereocenters. The fraction of sp³-hybridized carbons (Fsp3) is 0.462. The molecule has 1 heterocycles. The van der Waals surface area contributed by atoms with Crippen LogP contribution in [0.5, 0.6) is 0 Å². The molecule has 92 valence electrons. The molecule has 0 bridgehead atoms. The number of hydrogen-bond acceptors (Lipinski definition) is 3. The van der Waals surface area contributed by atoms with Gasteiger partial charge in [0, 0.05) is 19.6 Å². The molecule has 0 amide bonds. The minimum atomic E-state index is -0.886. The molecule has 0 spiro atoms. The maximum atomic E-state index is 10.9. The molecule has 1 aromatic rings. The van der Waals surface area contributed by atoms with Gasteiger partial charge < -0.3 is 15.3 Å². The molecule has 2 rings (SSSR count). The molecule has 1 aliphatic heterocycles. The van der Waals surface area contributed by atoms with Crippen molar-refractivity contribution in [2.24, 2.45) is 5.92 Å². The molecular formula is C13H18N2O2. The van der Waals surface area contributed by atoms with E-state index in [0.29, 0.717) is 17.5 Å². The molecule has 0 aliphatic carbocycles. The van der Waals surface area contributed by atoms with Crippen LogP contribution in [0.2, 0.25) is 0 Å². The third-order valence-corrected chi connectivity index (χ3v) is 3.39. The number of nitrogens with one attached hydrogen (secondary N) is 1. The summed E-state index contributed by atoms with van der Waals surface area (Å²) in [4.78, 5) is 13.1. The van der Waals surface area contributed by atoms with Gasteiger partial charge in [-0.15, -0.1) is 0 Å². The van der Waals surface area contributed by atoms with Crippen LogP contribution in [0.4, 0.5) is 11.4 Å². The van der Waals surface area contributed by atoms with Gasteiger partial charge in [-0.2, -0.15) is 0 Å². The van der Waals surface area contributed by atoms with Crippen LogP contribution >= 0.6 is 0 Å². The Labute approximate surface area is 101 Å². The van der Waals surface area contributed by atoms with Crippen molar-refractivity contribution in [3.63, 3.8) is 0 Å². The van der Waals surface area contributed by atoms with Crippen LogP contribution in [0.3, 0.4) is 0 Å². The van der Waals surface area contributed by atoms with Gasteiger partial charge in [0.2, 0.25) is 0 Å². The number of carboxylic acid groups (broad SMARTS) is 1. The smallest absolute Gasteiger partial charge is 0.335 e. The first kappa shape index (κ1) is 11.8. The number of likely N-dealkylation sites (N-methyl/N-ethyl adjacent to an activating group) is 1. The summed E-state index contributed by atoms with van der Waals surface area (Å²) in [5, 5.41) is 12.3. The van der Waals surface area contributed by atoms with Crippen LogP contribution in [0, 0.1) is 5.92 Å². The number of anilines is 2. The van der Waals surface area contributed by atoms with Gasteiger partial charge in [0.25, 0.3) is 0 Å². The maximum Gasteiger partial charge on any atom is 0.335 e. The maximum absolute atomic E-state index is 10.9. The second-order valence-corrected chi connectivity index (χ2v) is 4.84. The van der Waals surface area contributed by atoms with Crippen LogP contribution in [0.25, 0.3) is 0 Å². The topological polar surface area (TPSA) is 52.6 Å². The van der Waals surface area contributed by atoms with Crippen molar-refractivity contribution in [2.75, 3.05) is 23.8 Å². The Kier molecular flexibility index (Phi) is 2.96. The number of carbonyl (C=O) groups is 1. The lowest BCUT2D eigenvalue weighted by Crippen LogP contribution is -2.44. The summed E-state index contributed by atoms with van der Waals surface area (Å²) in [5.74, 6) is -0.331. The molecule has 0 radical (unpaired) electrons. The molecular weight excluding hydrogens is 216 g/mol. The van der Waals surface area contributed by atoms with Gasteiger partial charge in [-0.1, -0.05) is 13.8 Å². The Hall–Kier alpha value is -1.71. The van der Waals surface area contributed by atoms with E-state index in [1.165, 1.54) is 0 Å². The fourth-order valence-corrected chi connectivity index (χ4v) is 2.33. The van der Waals surface area contributed by atoms with Crippen LogP contribution in [-0.4, -0.2) is 30.7 Å². The van der Waals surface area contributed by atoms with Gasteiger partial charge in [-0.25, -0.2) is 4.79 Å². The highest BCUT2D eigenvalue weighted by Crippen LogP contribution is 2.33. The summed E-state index contributed by atoms with van der Waals surface area (Å²) in [6, 6.07) is 5.67. The van der Waals surface area contributed by atoms with Gasteiger partial charge in [-0.05, 0) is 24.1 Å². The third-order valence-electron chi connectivity index (χ3n) is 3.39. The summed E-state index contributed by atoms with van der Waals surface area (Å²) in [5.41, 5.74) is 2.30. The predicted octanol–water partition coefficient (Wildman–Crippen LogP) is 2.27. The average molecular weight is 234 g/mol. The van der Waals surface area contributed by atoms with Crippen molar-refractivity contribution in [1.82, 2.24) is 0 Å². The zero-order valence-electron chi connectivity index (χ0n) is 10.4. The van der Waals surface area contributed by atoms with E-state index in [2.05, 4.69) is 31.1 Å². The average Bonchev–Trinajstić information content (AvgIpc) is 2.28. The molecule has 2 N–H and O–H groups in total. The number of rotatable bonds is 2. The number of aromatic carboxylic acids is 1. The molecule has 1 aromatic carbocycles. The Balaban J connectivity index is 2.35. The minimum absolute atomic E-state index is 0.327. The lowest BCUT2D eigenvalue weighted by molar-refractivity contribution is 0.0697. The largest absolute Gasteiger partial charge is 0.478 e. The monoisotopic (exact) mass is 234 g/mol. The molecule has 1 unspecified atom stereocenters. The normalized spacial score (nSPS) is 18.8. The Morgan fingerprint density at radius 1 is 1.53 bits per heavy atom. The summed E-state index contributed by atoms with van der Waals surface area (Å²) < 4.78 is 0. The summed E-state index contributed by atoms with van der Waals surface area (Å²) in [6.45, 7) is 5.24. The van der Waals surface area contributed by atoms with Crippen molar-refractivity contribution in [3.05, 3.63) is 23.8 Å². The molecule has 1 aliphatic rings. The van der Waals surface area contributed by atoms with Gasteiger partial charge in [0.15, 0.2) is 0 Å². The lowest BCUT2D eigenvalue weighted by atomic mass is 9.98. The second-order valence-electron chi connectivity index (χ2n) is 4.84. The highest BCUT2D eigenvalue weighted by atomic mass is 16.4. The molecule has 0 saturated heterocycles. The van der Waals surface area contributed by atoms with E-state index in [1.807, 2.05) is 6.07 Å². The van der Waals surface area contributed by atoms with Gasteiger partial charge >= 0.3 is 5.97 Å². The molecule has 0 fully saturated rings. The van der Waals surface area contributed by atoms with Gasteiger partial charge in [0.1, 0.15) is 0 Å². The lowest BCUT2D eigenvalue weighted by Gasteiger charge is -2.39. The molecule has 0 saturated carbocycles. The first-order chi connectivity index (χ1) is 8.00. The highest BCUT2D eigenvalue weighted by molar-refractivity contribution is 5.91. The van der Waals surface area contributed by atoms with E-state index in [0.717, 1.165) is 17.9 Å². The molecule has 17 heavy (non-hydrogen) atoms. The molecule has 4 heteroatoms. The number of fused-ring (bicyclic) bond motifs is 1. The summed E-state index contributed by atoms with van der Waals surface area (Å²) in [7, 11) is 2.06. The van der Waals surface area contributed by atoms with Crippen molar-refractivity contribution in [1.29, 1.82) is 0 Å². The van der Waals surface area contributed by atoms with Gasteiger partial charge in [-0.3, -0.25) is 0 Å². The first-order valence-electron chi connectivity index (χ1n) is 5.84. The van der Waals surface area contributed by atoms with Crippen molar-refractivity contribution in [2.45, 2.75) is 19.9 Å². The molecule has 0 aromatic heterocycles. The van der Waals surface area contributed by atoms with E-state index < -0.39 is 5.97 Å². The summed E-state index contributed by atoms with van der Waals surface area (Å²) >= 11 is 0. The Morgan fingerprint density at radius 3 is 2.82 bits per heavy atom. The SMILES string of the molecule is CC(C)C1CNc2cc(C(=O)O)ccc2N1C. The van der Waals surface area contributed by atoms with Crippen LogP contribution in [0.1, 0.15) is 24.2 Å². The molecule has 4 nitrogen and oxygen atoms in total. The number of carboxylic acids is 1. The zero-order chi connectivity index (χ0) is 12.6. The highest BCUT2D eigenvalue weighted by Gasteiger charge is 2.25. The predicted molar refractivity (Wildman–Crippen MR) is 68.9 cm³/mol. The Bertz CT molecular complexity index is 443. The minimum Gasteiger partial charge on any atom is -0.478 e. The van der Waals surface area contributed by atoms with Crippen molar-refractivity contribution in [3.8, 4) is 0 Å². The summed E-state index contributed by atoms with van der Waals surface area (Å²) in [6.07, 6.45) is 0. The Morgan fingerprint density at radius 2 is 2.24 bits per heavy atom. The quantitative estimate of drug-likeness (QED) is 0.824. The van der Waals surface area contributed by atoms with E-state index >= 15 is 0 Å². The van der Waals surface area contributed by atoms with Crippen molar-refractivity contribution >= 4 is 17.3 Å². The van der Waals surface area contributed by atoms with E-state index in [-0.39, 0.29) is 0 Å². The standard InChI is InChI=1S/C13H18N2O2/c1-8(2)12-7-14-10-6-9(13(16)17)4-5-11(10)15(12)3/h4-6,8,12,14H,7H2,1-3H3,(H,16,17). The first-order valence-corrected chi connectivity index (χ1v) is 5.84. The van der Waals surface area contributed by atoms with Crippen LogP contribution in [0.15, 0.2) is 18.2 Å². The third kappa shape index (κ3) is 2.07. The van der Waals surface area contributed by atoms with E-state index in [4.69, 9.17) is 5.11 Å². The van der Waals surface area contributed by atoms with E-state index in [9.17, 15) is 4.79 Å². The number of nitrogens with zero attached hydrogens (tertiary/aromatic N) is 1. The van der Waals surface area contributed by atoms with Crippen molar-refractivity contribution < 1.29 is 9.90 Å².